The van der Waals surface area contributed by atoms with E-state index in [0.717, 1.165) is 45.4 Å². The summed E-state index contributed by atoms with van der Waals surface area (Å²) in [5.41, 5.74) is 1.26. The SMILES string of the molecule is CNC1CC(C)NC(NC2CC3C(OC[C@H]3C)C(C3=CCNCCC3)C2F)N1. The molecule has 3 fully saturated rings. The molecule has 2 saturated heterocycles. The lowest BCUT2D eigenvalue weighted by Crippen LogP contribution is -2.69. The third kappa shape index (κ3) is 4.30. The van der Waals surface area contributed by atoms with Gasteiger partial charge >= 0.3 is 0 Å². The molecule has 4 aliphatic rings. The van der Waals surface area contributed by atoms with Crippen molar-refractivity contribution in [2.24, 2.45) is 17.8 Å². The fourth-order valence-corrected chi connectivity index (χ4v) is 5.66. The van der Waals surface area contributed by atoms with Crippen molar-refractivity contribution < 1.29 is 9.13 Å². The summed E-state index contributed by atoms with van der Waals surface area (Å²) in [4.78, 5) is 0. The monoisotopic (exact) mass is 395 g/mol. The number of hydrogen-bond acceptors (Lipinski definition) is 6. The first-order valence-electron chi connectivity index (χ1n) is 11.2. The second kappa shape index (κ2) is 9.06. The van der Waals surface area contributed by atoms with Gasteiger partial charge in [0.05, 0.1) is 12.3 Å². The van der Waals surface area contributed by atoms with Crippen LogP contribution in [0.25, 0.3) is 0 Å². The van der Waals surface area contributed by atoms with Crippen LogP contribution < -0.4 is 26.6 Å². The van der Waals surface area contributed by atoms with Gasteiger partial charge in [-0.15, -0.1) is 0 Å². The van der Waals surface area contributed by atoms with E-state index in [4.69, 9.17) is 4.74 Å². The van der Waals surface area contributed by atoms with Gasteiger partial charge in [-0.1, -0.05) is 18.6 Å². The van der Waals surface area contributed by atoms with Crippen LogP contribution in [0.1, 0.15) is 39.5 Å². The van der Waals surface area contributed by atoms with Gasteiger partial charge in [-0.05, 0) is 58.0 Å². The number of rotatable bonds is 4. The van der Waals surface area contributed by atoms with E-state index >= 15 is 4.39 Å². The largest absolute Gasteiger partial charge is 0.377 e. The average Bonchev–Trinajstić information content (AvgIpc) is 2.88. The third-order valence-corrected chi connectivity index (χ3v) is 7.21. The Bertz CT molecular complexity index is 561. The highest BCUT2D eigenvalue weighted by atomic mass is 19.1. The zero-order chi connectivity index (χ0) is 19.7. The average molecular weight is 396 g/mol. The molecule has 160 valence electrons. The van der Waals surface area contributed by atoms with Gasteiger partial charge in [-0.3, -0.25) is 16.0 Å². The van der Waals surface area contributed by atoms with Gasteiger partial charge in [0.2, 0.25) is 0 Å². The van der Waals surface area contributed by atoms with Gasteiger partial charge in [0.25, 0.3) is 0 Å². The Morgan fingerprint density at radius 3 is 2.89 bits per heavy atom. The zero-order valence-corrected chi connectivity index (χ0v) is 17.5. The van der Waals surface area contributed by atoms with E-state index in [1.54, 1.807) is 0 Å². The molecule has 3 heterocycles. The normalized spacial score (nSPS) is 47.3. The van der Waals surface area contributed by atoms with Crippen LogP contribution in [0.5, 0.6) is 0 Å². The zero-order valence-electron chi connectivity index (χ0n) is 17.5. The number of ether oxygens (including phenoxy) is 1. The van der Waals surface area contributed by atoms with Gasteiger partial charge in [0.15, 0.2) is 0 Å². The molecule has 0 spiro atoms. The number of halogens is 1. The number of alkyl halides is 1. The summed E-state index contributed by atoms with van der Waals surface area (Å²) in [6.07, 6.45) is 5.40. The molecule has 4 rings (SSSR count). The summed E-state index contributed by atoms with van der Waals surface area (Å²) in [5, 5.41) is 17.4. The highest BCUT2D eigenvalue weighted by Gasteiger charge is 2.51. The van der Waals surface area contributed by atoms with E-state index in [1.807, 2.05) is 7.05 Å². The first-order valence-corrected chi connectivity index (χ1v) is 11.2. The molecule has 0 aromatic rings. The van der Waals surface area contributed by atoms with E-state index in [1.165, 1.54) is 5.57 Å². The van der Waals surface area contributed by atoms with Gasteiger partial charge in [0.1, 0.15) is 12.5 Å². The van der Waals surface area contributed by atoms with Gasteiger partial charge < -0.3 is 15.4 Å². The molecule has 1 aliphatic carbocycles. The molecule has 0 aromatic carbocycles. The van der Waals surface area contributed by atoms with Crippen LogP contribution in [-0.2, 0) is 4.74 Å². The van der Waals surface area contributed by atoms with Crippen LogP contribution in [-0.4, -0.2) is 63.6 Å². The molecule has 0 aromatic heterocycles. The van der Waals surface area contributed by atoms with Gasteiger partial charge in [0, 0.05) is 31.2 Å². The minimum absolute atomic E-state index is 0.0312. The summed E-state index contributed by atoms with van der Waals surface area (Å²) >= 11 is 0. The Balaban J connectivity index is 1.51. The van der Waals surface area contributed by atoms with Crippen molar-refractivity contribution in [1.82, 2.24) is 26.6 Å². The highest BCUT2D eigenvalue weighted by Crippen LogP contribution is 2.46. The van der Waals surface area contributed by atoms with Crippen LogP contribution in [0, 0.1) is 17.8 Å². The van der Waals surface area contributed by atoms with Crippen molar-refractivity contribution in [3.63, 3.8) is 0 Å². The minimum Gasteiger partial charge on any atom is -0.377 e. The third-order valence-electron chi connectivity index (χ3n) is 7.21. The smallest absolute Gasteiger partial charge is 0.124 e. The van der Waals surface area contributed by atoms with Gasteiger partial charge in [-0.25, -0.2) is 4.39 Å². The Morgan fingerprint density at radius 2 is 2.07 bits per heavy atom. The summed E-state index contributed by atoms with van der Waals surface area (Å²) in [7, 11) is 1.97. The van der Waals surface area contributed by atoms with E-state index < -0.39 is 6.17 Å². The lowest BCUT2D eigenvalue weighted by Gasteiger charge is -2.45. The Kier molecular flexibility index (Phi) is 6.70. The summed E-state index contributed by atoms with van der Waals surface area (Å²) in [6.45, 7) is 7.06. The van der Waals surface area contributed by atoms with Crippen molar-refractivity contribution in [2.45, 2.75) is 76.3 Å². The Labute approximate surface area is 168 Å². The van der Waals surface area contributed by atoms with Crippen LogP contribution in [0.15, 0.2) is 11.6 Å². The molecule has 7 heteroatoms. The predicted molar refractivity (Wildman–Crippen MR) is 109 cm³/mol. The van der Waals surface area contributed by atoms with Crippen LogP contribution in [0.2, 0.25) is 0 Å². The van der Waals surface area contributed by atoms with Crippen molar-refractivity contribution in [2.75, 3.05) is 26.7 Å². The number of nitrogens with one attached hydrogen (secondary N) is 5. The maximum absolute atomic E-state index is 16.0. The quantitative estimate of drug-likeness (QED) is 0.459. The molecule has 9 atom stereocenters. The predicted octanol–water partition coefficient (Wildman–Crippen LogP) is 1.06. The van der Waals surface area contributed by atoms with E-state index in [2.05, 4.69) is 46.5 Å². The molecule has 0 amide bonds. The van der Waals surface area contributed by atoms with E-state index in [0.29, 0.717) is 17.9 Å². The Hall–Kier alpha value is -0.570. The second-order valence-electron chi connectivity index (χ2n) is 9.25. The molecule has 1 saturated carbocycles. The minimum atomic E-state index is -0.926. The molecule has 3 aliphatic heterocycles. The first kappa shape index (κ1) is 20.7. The molecule has 0 radical (unpaired) electrons. The molecular weight excluding hydrogens is 357 g/mol. The van der Waals surface area contributed by atoms with Crippen LogP contribution in [0.4, 0.5) is 4.39 Å². The van der Waals surface area contributed by atoms with Crippen molar-refractivity contribution >= 4 is 0 Å². The van der Waals surface area contributed by atoms with Crippen molar-refractivity contribution in [3.8, 4) is 0 Å². The lowest BCUT2D eigenvalue weighted by atomic mass is 9.68. The van der Waals surface area contributed by atoms with E-state index in [9.17, 15) is 0 Å². The molecule has 0 bridgehead atoms. The topological polar surface area (TPSA) is 69.4 Å². The lowest BCUT2D eigenvalue weighted by molar-refractivity contribution is -0.0269. The number of hydrogen-bond donors (Lipinski definition) is 5. The van der Waals surface area contributed by atoms with Crippen molar-refractivity contribution in [1.29, 1.82) is 0 Å². The molecule has 5 N–H and O–H groups in total. The standard InChI is InChI=1S/C21H38FN5O/c1-12-11-28-20-15(12)10-16(26-21-25-13(2)9-17(23-3)27-21)19(22)18(20)14-5-4-7-24-8-6-14/h6,12-13,15-21,23-27H,4-5,7-11H2,1-3H3/t12-,13?,15?,16?,17?,18?,19?,20?,21?/m1/s1. The molecule has 28 heavy (non-hydrogen) atoms. The fourth-order valence-electron chi connectivity index (χ4n) is 5.66. The summed E-state index contributed by atoms with van der Waals surface area (Å²) in [6, 6.07) is 0.214. The number of fused-ring (bicyclic) bond motifs is 1. The summed E-state index contributed by atoms with van der Waals surface area (Å²) < 4.78 is 22.1. The molecule has 6 nitrogen and oxygen atoms in total. The Morgan fingerprint density at radius 1 is 1.21 bits per heavy atom. The molecular formula is C21H38FN5O. The first-order chi connectivity index (χ1) is 13.6. The maximum Gasteiger partial charge on any atom is 0.124 e. The maximum atomic E-state index is 16.0. The second-order valence-corrected chi connectivity index (χ2v) is 9.25. The van der Waals surface area contributed by atoms with Crippen LogP contribution in [0.3, 0.4) is 0 Å². The highest BCUT2D eigenvalue weighted by molar-refractivity contribution is 5.19. The summed E-state index contributed by atoms with van der Waals surface area (Å²) in [5.74, 6) is 0.792. The molecule has 8 unspecified atom stereocenters. The fraction of sp³-hybridized carbons (Fsp3) is 0.905. The van der Waals surface area contributed by atoms with Gasteiger partial charge in [-0.2, -0.15) is 0 Å². The van der Waals surface area contributed by atoms with E-state index in [-0.39, 0.29) is 30.5 Å². The van der Waals surface area contributed by atoms with Crippen LogP contribution >= 0.6 is 0 Å². The van der Waals surface area contributed by atoms with Crippen molar-refractivity contribution in [3.05, 3.63) is 11.6 Å².